The normalized spacial score (nSPS) is 10.1. The van der Waals surface area contributed by atoms with Crippen LogP contribution in [0.5, 0.6) is 5.75 Å². The predicted molar refractivity (Wildman–Crippen MR) is 88.1 cm³/mol. The van der Waals surface area contributed by atoms with Gasteiger partial charge in [-0.05, 0) is 35.7 Å². The molecule has 0 aliphatic carbocycles. The van der Waals surface area contributed by atoms with Crippen LogP contribution in [0.2, 0.25) is 0 Å². The van der Waals surface area contributed by atoms with Crippen molar-refractivity contribution in [1.29, 1.82) is 0 Å². The SMILES string of the molecule is CCc1ccccc1OCC(=O)NCc1ccc(C(N)=O)cc1. The molecule has 0 fully saturated rings. The summed E-state index contributed by atoms with van der Waals surface area (Å²) in [6, 6.07) is 14.5. The molecule has 0 aromatic heterocycles. The fourth-order valence-corrected chi connectivity index (χ4v) is 2.12. The Labute approximate surface area is 135 Å². The third-order valence-corrected chi connectivity index (χ3v) is 3.44. The van der Waals surface area contributed by atoms with E-state index in [-0.39, 0.29) is 12.5 Å². The van der Waals surface area contributed by atoms with E-state index in [4.69, 9.17) is 10.5 Å². The first kappa shape index (κ1) is 16.5. The van der Waals surface area contributed by atoms with E-state index in [2.05, 4.69) is 5.32 Å². The lowest BCUT2D eigenvalue weighted by atomic mass is 10.1. The molecule has 0 unspecified atom stereocenters. The number of amides is 2. The zero-order valence-corrected chi connectivity index (χ0v) is 13.0. The Bertz CT molecular complexity index is 681. The highest BCUT2D eigenvalue weighted by Gasteiger charge is 2.06. The molecule has 0 aliphatic heterocycles. The molecule has 0 spiro atoms. The van der Waals surface area contributed by atoms with Crippen molar-refractivity contribution in [3.63, 3.8) is 0 Å². The molecule has 0 saturated heterocycles. The standard InChI is InChI=1S/C18H20N2O3/c1-2-14-5-3-4-6-16(14)23-12-17(21)20-11-13-7-9-15(10-8-13)18(19)22/h3-10H,2,11-12H2,1H3,(H2,19,22)(H,20,21). The molecular weight excluding hydrogens is 292 g/mol. The maximum atomic E-state index is 11.9. The highest BCUT2D eigenvalue weighted by molar-refractivity contribution is 5.92. The van der Waals surface area contributed by atoms with E-state index in [1.165, 1.54) is 0 Å². The Balaban J connectivity index is 1.82. The summed E-state index contributed by atoms with van der Waals surface area (Å²) in [7, 11) is 0. The van der Waals surface area contributed by atoms with Gasteiger partial charge in [-0.3, -0.25) is 9.59 Å². The fraction of sp³-hybridized carbons (Fsp3) is 0.222. The van der Waals surface area contributed by atoms with E-state index >= 15 is 0 Å². The van der Waals surface area contributed by atoms with Crippen molar-refractivity contribution in [3.05, 3.63) is 65.2 Å². The van der Waals surface area contributed by atoms with E-state index in [1.54, 1.807) is 24.3 Å². The van der Waals surface area contributed by atoms with E-state index in [0.29, 0.717) is 12.1 Å². The summed E-state index contributed by atoms with van der Waals surface area (Å²) >= 11 is 0. The number of carbonyl (C=O) groups excluding carboxylic acids is 2. The molecule has 5 heteroatoms. The Hall–Kier alpha value is -2.82. The van der Waals surface area contributed by atoms with E-state index in [0.717, 1.165) is 23.3 Å². The van der Waals surface area contributed by atoms with Gasteiger partial charge in [-0.2, -0.15) is 0 Å². The van der Waals surface area contributed by atoms with Gasteiger partial charge in [-0.1, -0.05) is 37.3 Å². The van der Waals surface area contributed by atoms with Crippen LogP contribution in [0.3, 0.4) is 0 Å². The van der Waals surface area contributed by atoms with Crippen LogP contribution in [0, 0.1) is 0 Å². The van der Waals surface area contributed by atoms with Gasteiger partial charge in [-0.25, -0.2) is 0 Å². The molecule has 0 atom stereocenters. The Morgan fingerprint density at radius 3 is 2.43 bits per heavy atom. The number of hydrogen-bond donors (Lipinski definition) is 2. The van der Waals surface area contributed by atoms with Crippen LogP contribution in [0.15, 0.2) is 48.5 Å². The maximum Gasteiger partial charge on any atom is 0.258 e. The van der Waals surface area contributed by atoms with Gasteiger partial charge in [0.25, 0.3) is 5.91 Å². The molecule has 0 saturated carbocycles. The van der Waals surface area contributed by atoms with Crippen LogP contribution in [-0.2, 0) is 17.8 Å². The van der Waals surface area contributed by atoms with Crippen molar-refractivity contribution in [3.8, 4) is 5.75 Å². The zero-order valence-electron chi connectivity index (χ0n) is 13.0. The molecule has 3 N–H and O–H groups in total. The van der Waals surface area contributed by atoms with Gasteiger partial charge >= 0.3 is 0 Å². The molecule has 5 nitrogen and oxygen atoms in total. The van der Waals surface area contributed by atoms with Gasteiger partial charge < -0.3 is 15.8 Å². The summed E-state index contributed by atoms with van der Waals surface area (Å²) in [5.41, 5.74) is 7.58. The second-order valence-electron chi connectivity index (χ2n) is 5.09. The third-order valence-electron chi connectivity index (χ3n) is 3.44. The lowest BCUT2D eigenvalue weighted by molar-refractivity contribution is -0.123. The number of nitrogens with one attached hydrogen (secondary N) is 1. The Morgan fingerprint density at radius 2 is 1.78 bits per heavy atom. The topological polar surface area (TPSA) is 81.4 Å². The van der Waals surface area contributed by atoms with Crippen molar-refractivity contribution in [2.75, 3.05) is 6.61 Å². The van der Waals surface area contributed by atoms with Crippen LogP contribution in [0.1, 0.15) is 28.4 Å². The third kappa shape index (κ3) is 4.85. The molecular formula is C18H20N2O3. The number of rotatable bonds is 7. The highest BCUT2D eigenvalue weighted by Crippen LogP contribution is 2.17. The first-order valence-electron chi connectivity index (χ1n) is 7.46. The first-order valence-corrected chi connectivity index (χ1v) is 7.46. The number of primary amides is 1. The monoisotopic (exact) mass is 312 g/mol. The second kappa shape index (κ2) is 7.98. The van der Waals surface area contributed by atoms with E-state index in [9.17, 15) is 9.59 Å². The van der Waals surface area contributed by atoms with Gasteiger partial charge in [0.15, 0.2) is 6.61 Å². The molecule has 2 rings (SSSR count). The number of nitrogens with two attached hydrogens (primary N) is 1. The van der Waals surface area contributed by atoms with Crippen LogP contribution < -0.4 is 15.8 Å². The number of hydrogen-bond acceptors (Lipinski definition) is 3. The van der Waals surface area contributed by atoms with Crippen molar-refractivity contribution in [2.45, 2.75) is 19.9 Å². The summed E-state index contributed by atoms with van der Waals surface area (Å²) in [5, 5.41) is 2.78. The van der Waals surface area contributed by atoms with Gasteiger partial charge in [-0.15, -0.1) is 0 Å². The summed E-state index contributed by atoms with van der Waals surface area (Å²) in [6.45, 7) is 2.38. The molecule has 120 valence electrons. The number of para-hydroxylation sites is 1. The fourth-order valence-electron chi connectivity index (χ4n) is 2.12. The minimum absolute atomic E-state index is 0.0314. The van der Waals surface area contributed by atoms with Gasteiger partial charge in [0, 0.05) is 12.1 Å². The summed E-state index contributed by atoms with van der Waals surface area (Å²) in [5.74, 6) is 0.0643. The number of carbonyl (C=O) groups is 2. The lowest BCUT2D eigenvalue weighted by Gasteiger charge is -2.10. The molecule has 2 amide bonds. The van der Waals surface area contributed by atoms with Crippen molar-refractivity contribution in [1.82, 2.24) is 5.32 Å². The Kier molecular flexibility index (Phi) is 5.74. The molecule has 0 aliphatic rings. The summed E-state index contributed by atoms with van der Waals surface area (Å²) in [6.07, 6.45) is 0.851. The number of ether oxygens (including phenoxy) is 1. The molecule has 0 heterocycles. The molecule has 2 aromatic carbocycles. The highest BCUT2D eigenvalue weighted by atomic mass is 16.5. The van der Waals surface area contributed by atoms with Crippen LogP contribution in [0.25, 0.3) is 0 Å². The molecule has 23 heavy (non-hydrogen) atoms. The van der Waals surface area contributed by atoms with Crippen molar-refractivity contribution >= 4 is 11.8 Å². The number of benzene rings is 2. The minimum atomic E-state index is -0.469. The van der Waals surface area contributed by atoms with Gasteiger partial charge in [0.1, 0.15) is 5.75 Å². The average molecular weight is 312 g/mol. The molecule has 0 bridgehead atoms. The van der Waals surface area contributed by atoms with Crippen LogP contribution >= 0.6 is 0 Å². The summed E-state index contributed by atoms with van der Waals surface area (Å²) in [4.78, 5) is 22.8. The van der Waals surface area contributed by atoms with E-state index < -0.39 is 5.91 Å². The maximum absolute atomic E-state index is 11.9. The van der Waals surface area contributed by atoms with Crippen LogP contribution in [0.4, 0.5) is 0 Å². The van der Waals surface area contributed by atoms with Gasteiger partial charge in [0.05, 0.1) is 0 Å². The first-order chi connectivity index (χ1) is 11.1. The van der Waals surface area contributed by atoms with Gasteiger partial charge in [0.2, 0.25) is 5.91 Å². The minimum Gasteiger partial charge on any atom is -0.483 e. The quantitative estimate of drug-likeness (QED) is 0.821. The van der Waals surface area contributed by atoms with E-state index in [1.807, 2.05) is 31.2 Å². The van der Waals surface area contributed by atoms with Crippen LogP contribution in [-0.4, -0.2) is 18.4 Å². The predicted octanol–water partition coefficient (Wildman–Crippen LogP) is 2.04. The lowest BCUT2D eigenvalue weighted by Crippen LogP contribution is -2.28. The van der Waals surface area contributed by atoms with Crippen molar-refractivity contribution in [2.24, 2.45) is 5.73 Å². The smallest absolute Gasteiger partial charge is 0.258 e. The average Bonchev–Trinajstić information content (AvgIpc) is 2.58. The molecule has 0 radical (unpaired) electrons. The largest absolute Gasteiger partial charge is 0.483 e. The Morgan fingerprint density at radius 1 is 1.09 bits per heavy atom. The zero-order chi connectivity index (χ0) is 16.7. The summed E-state index contributed by atoms with van der Waals surface area (Å²) < 4.78 is 5.56. The second-order valence-corrected chi connectivity index (χ2v) is 5.09. The molecule has 2 aromatic rings. The van der Waals surface area contributed by atoms with Crippen molar-refractivity contribution < 1.29 is 14.3 Å². The number of aryl methyl sites for hydroxylation is 1.